The number of carbonyl (C=O) groups excluding carboxylic acids is 1. The molecule has 1 N–H and O–H groups in total. The molecule has 0 heterocycles. The summed E-state index contributed by atoms with van der Waals surface area (Å²) in [5.74, 6) is 0.902. The summed E-state index contributed by atoms with van der Waals surface area (Å²) in [5, 5.41) is 4.44. The van der Waals surface area contributed by atoms with Crippen molar-refractivity contribution in [2.75, 3.05) is 0 Å². The lowest BCUT2D eigenvalue weighted by Crippen LogP contribution is -2.22. The number of carbonyl (C=O) groups is 1. The molecule has 0 unspecified atom stereocenters. The molecule has 0 saturated heterocycles. The first kappa shape index (κ1) is 16.4. The molecule has 0 aromatic heterocycles. The van der Waals surface area contributed by atoms with Crippen molar-refractivity contribution in [1.82, 2.24) is 5.43 Å². The van der Waals surface area contributed by atoms with Gasteiger partial charge in [0, 0.05) is 5.92 Å². The SMILES string of the molecule is CC(C)C/C(=N/NC(=O)[C@H]1C[C@@H]1c1ccccc1)c1ccccc1. The summed E-state index contributed by atoms with van der Waals surface area (Å²) in [7, 11) is 0. The van der Waals surface area contributed by atoms with Crippen molar-refractivity contribution >= 4 is 11.6 Å². The number of amides is 1. The third kappa shape index (κ3) is 4.10. The van der Waals surface area contributed by atoms with Gasteiger partial charge in [-0.3, -0.25) is 4.79 Å². The highest BCUT2D eigenvalue weighted by molar-refractivity contribution is 6.01. The molecule has 1 saturated carbocycles. The summed E-state index contributed by atoms with van der Waals surface area (Å²) < 4.78 is 0. The molecular formula is C21H24N2O. The van der Waals surface area contributed by atoms with E-state index in [0.717, 1.165) is 24.1 Å². The van der Waals surface area contributed by atoms with E-state index in [9.17, 15) is 4.79 Å². The summed E-state index contributed by atoms with van der Waals surface area (Å²) in [6.07, 6.45) is 1.76. The van der Waals surface area contributed by atoms with E-state index in [0.29, 0.717) is 11.8 Å². The minimum absolute atomic E-state index is 0.0287. The van der Waals surface area contributed by atoms with Crippen LogP contribution in [-0.2, 0) is 4.79 Å². The van der Waals surface area contributed by atoms with Crippen LogP contribution < -0.4 is 5.43 Å². The van der Waals surface area contributed by atoms with Crippen molar-refractivity contribution in [3.8, 4) is 0 Å². The minimum atomic E-state index is 0.0287. The third-order valence-corrected chi connectivity index (χ3v) is 4.36. The number of hydrogen-bond acceptors (Lipinski definition) is 2. The summed E-state index contributed by atoms with van der Waals surface area (Å²) in [4.78, 5) is 12.4. The highest BCUT2D eigenvalue weighted by Crippen LogP contribution is 2.47. The monoisotopic (exact) mass is 320 g/mol. The smallest absolute Gasteiger partial charge is 0.243 e. The molecule has 3 heteroatoms. The standard InChI is InChI=1S/C21H24N2O/c1-15(2)13-20(17-11-7-4-8-12-17)22-23-21(24)19-14-18(19)16-9-5-3-6-10-16/h3-12,15,18-19H,13-14H2,1-2H3,(H,23,24)/b22-20-/t18-,19+/m1/s1. The lowest BCUT2D eigenvalue weighted by atomic mass is 10.0. The normalized spacial score (nSPS) is 20.0. The Labute approximate surface area is 143 Å². The van der Waals surface area contributed by atoms with Gasteiger partial charge in [-0.1, -0.05) is 74.5 Å². The van der Waals surface area contributed by atoms with Crippen LogP contribution in [0.4, 0.5) is 0 Å². The molecule has 0 bridgehead atoms. The van der Waals surface area contributed by atoms with Crippen LogP contribution in [0.1, 0.15) is 43.7 Å². The minimum Gasteiger partial charge on any atom is -0.273 e. The summed E-state index contributed by atoms with van der Waals surface area (Å²) in [5.41, 5.74) is 6.05. The van der Waals surface area contributed by atoms with Crippen LogP contribution >= 0.6 is 0 Å². The van der Waals surface area contributed by atoms with Crippen molar-refractivity contribution in [2.24, 2.45) is 16.9 Å². The van der Waals surface area contributed by atoms with E-state index in [2.05, 4.69) is 36.5 Å². The highest BCUT2D eigenvalue weighted by Gasteiger charge is 2.43. The molecule has 2 aromatic carbocycles. The van der Waals surface area contributed by atoms with Gasteiger partial charge >= 0.3 is 0 Å². The van der Waals surface area contributed by atoms with E-state index in [-0.39, 0.29) is 11.8 Å². The van der Waals surface area contributed by atoms with Gasteiger partial charge in [-0.05, 0) is 35.8 Å². The molecule has 3 rings (SSSR count). The van der Waals surface area contributed by atoms with Crippen LogP contribution in [0.5, 0.6) is 0 Å². The molecule has 1 aliphatic rings. The van der Waals surface area contributed by atoms with Crippen LogP contribution in [0.2, 0.25) is 0 Å². The molecule has 1 aliphatic carbocycles. The number of nitrogens with zero attached hydrogens (tertiary/aromatic N) is 1. The Hall–Kier alpha value is -2.42. The van der Waals surface area contributed by atoms with E-state index in [4.69, 9.17) is 0 Å². The number of hydrogen-bond donors (Lipinski definition) is 1. The van der Waals surface area contributed by atoms with Gasteiger partial charge in [-0.25, -0.2) is 5.43 Å². The number of hydrazone groups is 1. The second-order valence-electron chi connectivity index (χ2n) is 6.86. The van der Waals surface area contributed by atoms with Crippen LogP contribution in [0.15, 0.2) is 65.8 Å². The van der Waals surface area contributed by atoms with Gasteiger partial charge in [0.05, 0.1) is 5.71 Å². The lowest BCUT2D eigenvalue weighted by Gasteiger charge is -2.10. The predicted octanol–water partition coefficient (Wildman–Crippen LogP) is 4.36. The van der Waals surface area contributed by atoms with Gasteiger partial charge in [0.2, 0.25) is 5.91 Å². The molecule has 24 heavy (non-hydrogen) atoms. The number of benzene rings is 2. The van der Waals surface area contributed by atoms with E-state index >= 15 is 0 Å². The van der Waals surface area contributed by atoms with Crippen molar-refractivity contribution in [2.45, 2.75) is 32.6 Å². The fourth-order valence-corrected chi connectivity index (χ4v) is 3.00. The summed E-state index contributed by atoms with van der Waals surface area (Å²) >= 11 is 0. The van der Waals surface area contributed by atoms with Crippen molar-refractivity contribution in [1.29, 1.82) is 0 Å². The van der Waals surface area contributed by atoms with Crippen LogP contribution in [0.3, 0.4) is 0 Å². The lowest BCUT2D eigenvalue weighted by molar-refractivity contribution is -0.122. The van der Waals surface area contributed by atoms with Crippen molar-refractivity contribution < 1.29 is 4.79 Å². The average Bonchev–Trinajstić information content (AvgIpc) is 3.40. The first-order chi connectivity index (χ1) is 11.6. The van der Waals surface area contributed by atoms with Gasteiger partial charge in [0.1, 0.15) is 0 Å². The first-order valence-corrected chi connectivity index (χ1v) is 8.62. The van der Waals surface area contributed by atoms with E-state index in [1.807, 2.05) is 48.5 Å². The zero-order chi connectivity index (χ0) is 16.9. The second-order valence-corrected chi connectivity index (χ2v) is 6.86. The quantitative estimate of drug-likeness (QED) is 0.623. The van der Waals surface area contributed by atoms with E-state index in [1.165, 1.54) is 5.56 Å². The van der Waals surface area contributed by atoms with Crippen LogP contribution in [-0.4, -0.2) is 11.6 Å². The Bertz CT molecular complexity index is 707. The molecule has 0 radical (unpaired) electrons. The summed E-state index contributed by atoms with van der Waals surface area (Å²) in [6.45, 7) is 4.32. The molecule has 2 atom stereocenters. The van der Waals surface area contributed by atoms with Gasteiger partial charge in [0.15, 0.2) is 0 Å². The fourth-order valence-electron chi connectivity index (χ4n) is 3.00. The maximum absolute atomic E-state index is 12.4. The Kier molecular flexibility index (Phi) is 5.09. The van der Waals surface area contributed by atoms with E-state index in [1.54, 1.807) is 0 Å². The number of rotatable bonds is 6. The molecule has 0 spiro atoms. The largest absolute Gasteiger partial charge is 0.273 e. The van der Waals surface area contributed by atoms with Gasteiger partial charge in [-0.2, -0.15) is 5.10 Å². The van der Waals surface area contributed by atoms with Crippen LogP contribution in [0, 0.1) is 11.8 Å². The Morgan fingerprint density at radius 3 is 2.33 bits per heavy atom. The van der Waals surface area contributed by atoms with Crippen molar-refractivity contribution in [3.63, 3.8) is 0 Å². The number of nitrogens with one attached hydrogen (secondary N) is 1. The van der Waals surface area contributed by atoms with Gasteiger partial charge in [0.25, 0.3) is 0 Å². The van der Waals surface area contributed by atoms with Crippen LogP contribution in [0.25, 0.3) is 0 Å². The molecule has 124 valence electrons. The topological polar surface area (TPSA) is 41.5 Å². The second kappa shape index (κ2) is 7.43. The zero-order valence-corrected chi connectivity index (χ0v) is 14.3. The first-order valence-electron chi connectivity index (χ1n) is 8.62. The molecule has 1 fully saturated rings. The third-order valence-electron chi connectivity index (χ3n) is 4.36. The predicted molar refractivity (Wildman–Crippen MR) is 97.9 cm³/mol. The fraction of sp³-hybridized carbons (Fsp3) is 0.333. The molecule has 1 amide bonds. The molecule has 3 nitrogen and oxygen atoms in total. The van der Waals surface area contributed by atoms with Crippen molar-refractivity contribution in [3.05, 3.63) is 71.8 Å². The molecule has 2 aromatic rings. The Morgan fingerprint density at radius 2 is 1.71 bits per heavy atom. The molecule has 0 aliphatic heterocycles. The Morgan fingerprint density at radius 1 is 1.08 bits per heavy atom. The maximum atomic E-state index is 12.4. The Balaban J connectivity index is 1.65. The van der Waals surface area contributed by atoms with Gasteiger partial charge in [-0.15, -0.1) is 0 Å². The highest BCUT2D eigenvalue weighted by atomic mass is 16.2. The van der Waals surface area contributed by atoms with Gasteiger partial charge < -0.3 is 0 Å². The maximum Gasteiger partial charge on any atom is 0.243 e. The average molecular weight is 320 g/mol. The summed E-state index contributed by atoms with van der Waals surface area (Å²) in [6, 6.07) is 20.3. The van der Waals surface area contributed by atoms with E-state index < -0.39 is 0 Å². The zero-order valence-electron chi connectivity index (χ0n) is 14.3. The molecular weight excluding hydrogens is 296 g/mol.